The third-order valence-corrected chi connectivity index (χ3v) is 7.08. The van der Waals surface area contributed by atoms with E-state index in [0.717, 1.165) is 36.7 Å². The summed E-state index contributed by atoms with van der Waals surface area (Å²) in [6, 6.07) is 9.33. The number of halogens is 1. The lowest BCUT2D eigenvalue weighted by Gasteiger charge is -2.34. The lowest BCUT2D eigenvalue weighted by atomic mass is 9.86. The number of nitrogens with one attached hydrogen (secondary N) is 2. The van der Waals surface area contributed by atoms with Crippen molar-refractivity contribution in [2.24, 2.45) is 11.8 Å². The molecule has 0 bridgehead atoms. The smallest absolute Gasteiger partial charge is 0.331 e. The lowest BCUT2D eigenvalue weighted by molar-refractivity contribution is -0.150. The summed E-state index contributed by atoms with van der Waals surface area (Å²) < 4.78 is 11.9. The van der Waals surface area contributed by atoms with E-state index in [-0.39, 0.29) is 18.6 Å². The van der Waals surface area contributed by atoms with Gasteiger partial charge in [0.2, 0.25) is 0 Å². The Balaban J connectivity index is 2.06. The fourth-order valence-corrected chi connectivity index (χ4v) is 4.85. The maximum Gasteiger partial charge on any atom is 0.331 e. The van der Waals surface area contributed by atoms with Crippen molar-refractivity contribution in [1.29, 1.82) is 0 Å². The van der Waals surface area contributed by atoms with Gasteiger partial charge in [-0.05, 0) is 64.1 Å². The number of esters is 1. The highest BCUT2D eigenvalue weighted by Crippen LogP contribution is 2.38. The first kappa shape index (κ1) is 26.3. The van der Waals surface area contributed by atoms with Gasteiger partial charge in [0.05, 0.1) is 12.2 Å². The normalized spacial score (nSPS) is 17.3. The van der Waals surface area contributed by atoms with Crippen LogP contribution in [0.25, 0.3) is 10.8 Å². The molecule has 1 amide bonds. The molecule has 1 fully saturated rings. The molecule has 3 rings (SSSR count). The SMILES string of the molecule is CCOC(=O)C(C)(CC)NC(=O)c1cc(Cl)c2ccccc2c1OC(C(C)C)C1CCNCC1. The minimum absolute atomic E-state index is 0.0548. The first-order valence-electron chi connectivity index (χ1n) is 12.3. The number of hydrogen-bond acceptors (Lipinski definition) is 5. The molecule has 0 aromatic heterocycles. The summed E-state index contributed by atoms with van der Waals surface area (Å²) in [7, 11) is 0. The molecule has 1 aliphatic rings. The molecule has 0 spiro atoms. The van der Waals surface area contributed by atoms with Crippen molar-refractivity contribution >= 4 is 34.2 Å². The highest BCUT2D eigenvalue weighted by Gasteiger charge is 2.36. The van der Waals surface area contributed by atoms with Crippen molar-refractivity contribution in [1.82, 2.24) is 10.6 Å². The van der Waals surface area contributed by atoms with Crippen LogP contribution in [0.1, 0.15) is 64.2 Å². The molecule has 7 heteroatoms. The molecule has 2 atom stereocenters. The minimum Gasteiger partial charge on any atom is -0.488 e. The lowest BCUT2D eigenvalue weighted by Crippen LogP contribution is -2.52. The summed E-state index contributed by atoms with van der Waals surface area (Å²) in [5.74, 6) is 0.279. The van der Waals surface area contributed by atoms with Crippen LogP contribution in [0, 0.1) is 11.8 Å². The van der Waals surface area contributed by atoms with Gasteiger partial charge in [0.1, 0.15) is 17.4 Å². The fourth-order valence-electron chi connectivity index (χ4n) is 4.58. The molecule has 2 aromatic rings. The summed E-state index contributed by atoms with van der Waals surface area (Å²) in [6.45, 7) is 11.7. The van der Waals surface area contributed by atoms with Gasteiger partial charge in [0.15, 0.2) is 0 Å². The maximum absolute atomic E-state index is 13.6. The number of piperidine rings is 1. The number of benzene rings is 2. The number of ether oxygens (including phenoxy) is 2. The number of hydrogen-bond donors (Lipinski definition) is 2. The van der Waals surface area contributed by atoms with Crippen molar-refractivity contribution in [3.63, 3.8) is 0 Å². The molecular weight excluding hydrogens is 452 g/mol. The quantitative estimate of drug-likeness (QED) is 0.465. The average Bonchev–Trinajstić information content (AvgIpc) is 2.83. The van der Waals surface area contributed by atoms with Crippen LogP contribution in [-0.4, -0.2) is 43.2 Å². The van der Waals surface area contributed by atoms with Gasteiger partial charge in [-0.2, -0.15) is 0 Å². The Morgan fingerprint density at radius 1 is 1.18 bits per heavy atom. The van der Waals surface area contributed by atoms with E-state index < -0.39 is 17.4 Å². The van der Waals surface area contributed by atoms with Crippen molar-refractivity contribution in [2.45, 2.75) is 65.5 Å². The van der Waals surface area contributed by atoms with E-state index in [1.54, 1.807) is 19.9 Å². The van der Waals surface area contributed by atoms with Gasteiger partial charge in [-0.25, -0.2) is 4.79 Å². The summed E-state index contributed by atoms with van der Waals surface area (Å²) in [4.78, 5) is 26.2. The van der Waals surface area contributed by atoms with Gasteiger partial charge in [-0.15, -0.1) is 0 Å². The summed E-state index contributed by atoms with van der Waals surface area (Å²) in [5, 5.41) is 8.38. The number of carbonyl (C=O) groups is 2. The van der Waals surface area contributed by atoms with Crippen molar-refractivity contribution in [3.8, 4) is 5.75 Å². The van der Waals surface area contributed by atoms with E-state index >= 15 is 0 Å². The van der Waals surface area contributed by atoms with Crippen molar-refractivity contribution in [2.75, 3.05) is 19.7 Å². The Labute approximate surface area is 207 Å². The zero-order chi connectivity index (χ0) is 24.9. The van der Waals surface area contributed by atoms with E-state index in [4.69, 9.17) is 21.1 Å². The topological polar surface area (TPSA) is 76.7 Å². The molecule has 0 aliphatic carbocycles. The predicted molar refractivity (Wildman–Crippen MR) is 137 cm³/mol. The Hall–Kier alpha value is -2.31. The Morgan fingerprint density at radius 3 is 2.41 bits per heavy atom. The highest BCUT2D eigenvalue weighted by molar-refractivity contribution is 6.36. The average molecular weight is 489 g/mol. The second-order valence-corrected chi connectivity index (χ2v) is 9.96. The molecule has 2 aromatic carbocycles. The molecule has 186 valence electrons. The Bertz CT molecular complexity index is 1020. The van der Waals surface area contributed by atoms with Gasteiger partial charge in [-0.3, -0.25) is 4.79 Å². The molecule has 34 heavy (non-hydrogen) atoms. The second-order valence-electron chi connectivity index (χ2n) is 9.55. The van der Waals surface area contributed by atoms with Crippen molar-refractivity contribution < 1.29 is 19.1 Å². The zero-order valence-electron chi connectivity index (χ0n) is 20.9. The van der Waals surface area contributed by atoms with E-state index in [1.165, 1.54) is 0 Å². The molecule has 0 saturated carbocycles. The first-order valence-corrected chi connectivity index (χ1v) is 12.7. The third kappa shape index (κ3) is 5.66. The fraction of sp³-hybridized carbons (Fsp3) is 0.556. The second kappa shape index (κ2) is 11.4. The molecule has 6 nitrogen and oxygen atoms in total. The maximum atomic E-state index is 13.6. The summed E-state index contributed by atoms with van der Waals surface area (Å²) in [6.07, 6.45) is 2.37. The highest BCUT2D eigenvalue weighted by atomic mass is 35.5. The van der Waals surface area contributed by atoms with Gasteiger partial charge >= 0.3 is 5.97 Å². The molecule has 2 unspecified atom stereocenters. The predicted octanol–water partition coefficient (Wildman–Crippen LogP) is 5.36. The molecule has 0 radical (unpaired) electrons. The van der Waals surface area contributed by atoms with Gasteiger partial charge in [-0.1, -0.05) is 56.6 Å². The zero-order valence-corrected chi connectivity index (χ0v) is 21.6. The van der Waals surface area contributed by atoms with Crippen LogP contribution in [0.2, 0.25) is 5.02 Å². The van der Waals surface area contributed by atoms with Gasteiger partial charge in [0.25, 0.3) is 5.91 Å². The van der Waals surface area contributed by atoms with Crippen LogP contribution >= 0.6 is 11.6 Å². The number of amides is 1. The minimum atomic E-state index is -1.16. The van der Waals surface area contributed by atoms with Gasteiger partial charge in [0, 0.05) is 15.8 Å². The first-order chi connectivity index (χ1) is 16.2. The summed E-state index contributed by atoms with van der Waals surface area (Å²) in [5.41, 5.74) is -0.832. The Kier molecular flexibility index (Phi) is 8.83. The number of carbonyl (C=O) groups excluding carboxylic acids is 2. The molecule has 2 N–H and O–H groups in total. The van der Waals surface area contributed by atoms with E-state index in [1.807, 2.05) is 31.2 Å². The number of fused-ring (bicyclic) bond motifs is 1. The largest absolute Gasteiger partial charge is 0.488 e. The van der Waals surface area contributed by atoms with Crippen LogP contribution in [0.3, 0.4) is 0 Å². The van der Waals surface area contributed by atoms with Crippen molar-refractivity contribution in [3.05, 3.63) is 40.9 Å². The summed E-state index contributed by atoms with van der Waals surface area (Å²) >= 11 is 6.61. The van der Waals surface area contributed by atoms with Crippen LogP contribution in [-0.2, 0) is 9.53 Å². The van der Waals surface area contributed by atoms with Crippen LogP contribution in [0.5, 0.6) is 5.75 Å². The molecule has 1 saturated heterocycles. The van der Waals surface area contributed by atoms with Crippen LogP contribution in [0.15, 0.2) is 30.3 Å². The van der Waals surface area contributed by atoms with Crippen LogP contribution in [0.4, 0.5) is 0 Å². The van der Waals surface area contributed by atoms with E-state index in [9.17, 15) is 9.59 Å². The molecule has 1 aliphatic heterocycles. The van der Waals surface area contributed by atoms with Gasteiger partial charge < -0.3 is 20.1 Å². The Morgan fingerprint density at radius 2 is 1.82 bits per heavy atom. The van der Waals surface area contributed by atoms with Crippen LogP contribution < -0.4 is 15.4 Å². The standard InChI is InChI=1S/C27H37ClN2O4/c1-6-27(5,26(32)33-7-2)30-25(31)21-16-22(28)19-10-8-9-11-20(19)24(21)34-23(17(3)4)18-12-14-29-15-13-18/h8-11,16-18,23,29H,6-7,12-15H2,1-5H3,(H,30,31). The third-order valence-electron chi connectivity index (χ3n) is 6.77. The number of rotatable bonds is 9. The molecular formula is C27H37ClN2O4. The monoisotopic (exact) mass is 488 g/mol. The van der Waals surface area contributed by atoms with E-state index in [0.29, 0.717) is 28.7 Å². The molecule has 1 heterocycles. The van der Waals surface area contributed by atoms with E-state index in [2.05, 4.69) is 24.5 Å².